The molecule has 11 heteroatoms. The molecular formula is C17H15F3N6O2. The second-order valence-corrected chi connectivity index (χ2v) is 6.51. The minimum atomic E-state index is -4.48. The van der Waals surface area contributed by atoms with Crippen molar-refractivity contribution in [3.05, 3.63) is 42.5 Å². The Bertz CT molecular complexity index is 1050. The van der Waals surface area contributed by atoms with Crippen LogP contribution in [0.25, 0.3) is 11.3 Å². The van der Waals surface area contributed by atoms with Crippen LogP contribution in [-0.4, -0.2) is 43.7 Å². The van der Waals surface area contributed by atoms with Crippen LogP contribution in [0.15, 0.2) is 36.9 Å². The summed E-state index contributed by atoms with van der Waals surface area (Å²) in [5.41, 5.74) is 1.18. The van der Waals surface area contributed by atoms with Crippen molar-refractivity contribution in [3.8, 4) is 5.69 Å². The van der Waals surface area contributed by atoms with Gasteiger partial charge in [-0.05, 0) is 25.0 Å². The smallest absolute Gasteiger partial charge is 0.343 e. The Labute approximate surface area is 156 Å². The van der Waals surface area contributed by atoms with Crippen LogP contribution >= 0.6 is 0 Å². The molecule has 0 atom stereocenters. The molecule has 3 aromatic heterocycles. The average Bonchev–Trinajstić information content (AvgIpc) is 3.23. The van der Waals surface area contributed by atoms with Gasteiger partial charge in [0.25, 0.3) is 5.91 Å². The van der Waals surface area contributed by atoms with Crippen LogP contribution in [0.1, 0.15) is 23.2 Å². The van der Waals surface area contributed by atoms with Crippen molar-refractivity contribution in [2.45, 2.75) is 19.0 Å². The zero-order valence-electron chi connectivity index (χ0n) is 14.4. The summed E-state index contributed by atoms with van der Waals surface area (Å²) in [6.45, 7) is -1.41. The Morgan fingerprint density at radius 2 is 1.96 bits per heavy atom. The van der Waals surface area contributed by atoms with E-state index in [1.165, 1.54) is 17.1 Å². The van der Waals surface area contributed by atoms with E-state index >= 15 is 0 Å². The lowest BCUT2D eigenvalue weighted by Gasteiger charge is -2.06. The van der Waals surface area contributed by atoms with Crippen LogP contribution in [-0.2, 0) is 4.79 Å². The predicted molar refractivity (Wildman–Crippen MR) is 92.1 cm³/mol. The maximum absolute atomic E-state index is 12.2. The lowest BCUT2D eigenvalue weighted by atomic mass is 10.3. The summed E-state index contributed by atoms with van der Waals surface area (Å²) in [4.78, 5) is 27.9. The van der Waals surface area contributed by atoms with E-state index in [1.54, 1.807) is 34.2 Å². The molecule has 2 amide bonds. The number of hydrogen-bond acceptors (Lipinski definition) is 4. The number of carbonyl (C=O) groups is 2. The van der Waals surface area contributed by atoms with E-state index in [-0.39, 0.29) is 17.4 Å². The van der Waals surface area contributed by atoms with Crippen molar-refractivity contribution in [1.82, 2.24) is 24.5 Å². The highest BCUT2D eigenvalue weighted by molar-refractivity contribution is 5.94. The second kappa shape index (κ2) is 6.66. The van der Waals surface area contributed by atoms with Gasteiger partial charge in [0.2, 0.25) is 5.91 Å². The van der Waals surface area contributed by atoms with E-state index in [9.17, 15) is 22.8 Å². The second-order valence-electron chi connectivity index (χ2n) is 6.51. The molecule has 28 heavy (non-hydrogen) atoms. The summed E-state index contributed by atoms with van der Waals surface area (Å²) in [5, 5.41) is 8.57. The number of amides is 2. The highest BCUT2D eigenvalue weighted by Crippen LogP contribution is 2.30. The number of aromatic nitrogens is 4. The van der Waals surface area contributed by atoms with E-state index in [4.69, 9.17) is 0 Å². The number of nitrogens with zero attached hydrogens (tertiary/aromatic N) is 4. The number of imidazole rings is 1. The first kappa shape index (κ1) is 18.0. The number of alkyl halides is 3. The maximum Gasteiger partial charge on any atom is 0.405 e. The minimum Gasteiger partial charge on any atom is -0.343 e. The molecule has 3 heterocycles. The van der Waals surface area contributed by atoms with Crippen LogP contribution in [0, 0.1) is 5.92 Å². The summed E-state index contributed by atoms with van der Waals surface area (Å²) in [6.07, 6.45) is 3.15. The zero-order chi connectivity index (χ0) is 19.9. The van der Waals surface area contributed by atoms with Gasteiger partial charge in [-0.1, -0.05) is 0 Å². The molecule has 0 spiro atoms. The number of hydrogen-bond donors (Lipinski definition) is 2. The van der Waals surface area contributed by atoms with Crippen LogP contribution in [0.3, 0.4) is 0 Å². The molecule has 1 aliphatic rings. The highest BCUT2D eigenvalue weighted by Gasteiger charge is 2.30. The summed E-state index contributed by atoms with van der Waals surface area (Å²) < 4.78 is 39.7. The number of nitrogens with one attached hydrogen (secondary N) is 2. The van der Waals surface area contributed by atoms with Gasteiger partial charge < -0.3 is 15.0 Å². The SMILES string of the molecule is O=C(NCC(F)(F)F)c1cnn(-c2ccc3nc(NC(=O)C4CC4)cn3c2)c1. The number of anilines is 1. The molecule has 0 aromatic carbocycles. The van der Waals surface area contributed by atoms with Crippen molar-refractivity contribution in [2.24, 2.45) is 5.92 Å². The molecule has 0 unspecified atom stereocenters. The molecule has 0 radical (unpaired) electrons. The van der Waals surface area contributed by atoms with Crippen molar-refractivity contribution < 1.29 is 22.8 Å². The largest absolute Gasteiger partial charge is 0.405 e. The number of pyridine rings is 1. The normalized spacial score (nSPS) is 14.2. The summed E-state index contributed by atoms with van der Waals surface area (Å²) in [7, 11) is 0. The molecule has 1 saturated carbocycles. The van der Waals surface area contributed by atoms with Crippen LogP contribution in [0.4, 0.5) is 19.0 Å². The molecule has 3 aromatic rings. The quantitative estimate of drug-likeness (QED) is 0.696. The molecule has 1 aliphatic carbocycles. The van der Waals surface area contributed by atoms with Crippen LogP contribution < -0.4 is 10.6 Å². The third-order valence-corrected chi connectivity index (χ3v) is 4.19. The van der Waals surface area contributed by atoms with E-state index in [2.05, 4.69) is 15.4 Å². The topological polar surface area (TPSA) is 93.3 Å². The van der Waals surface area contributed by atoms with E-state index in [0.717, 1.165) is 12.8 Å². The van der Waals surface area contributed by atoms with Gasteiger partial charge >= 0.3 is 6.18 Å². The van der Waals surface area contributed by atoms with Gasteiger partial charge in [0, 0.05) is 18.3 Å². The maximum atomic E-state index is 12.2. The highest BCUT2D eigenvalue weighted by atomic mass is 19.4. The number of halogens is 3. The van der Waals surface area contributed by atoms with Crippen molar-refractivity contribution >= 4 is 23.3 Å². The van der Waals surface area contributed by atoms with Gasteiger partial charge in [0.1, 0.15) is 12.2 Å². The number of carbonyl (C=O) groups excluding carboxylic acids is 2. The van der Waals surface area contributed by atoms with Gasteiger partial charge in [0.05, 0.1) is 23.6 Å². The molecule has 1 fully saturated rings. The number of rotatable bonds is 5. The third kappa shape index (κ3) is 3.97. The Hall–Kier alpha value is -3.37. The van der Waals surface area contributed by atoms with Gasteiger partial charge in [0.15, 0.2) is 5.82 Å². The first-order chi connectivity index (χ1) is 13.3. The Morgan fingerprint density at radius 1 is 1.18 bits per heavy atom. The van der Waals surface area contributed by atoms with E-state index in [0.29, 0.717) is 17.2 Å². The molecule has 8 nitrogen and oxygen atoms in total. The Morgan fingerprint density at radius 3 is 2.68 bits per heavy atom. The average molecular weight is 392 g/mol. The molecule has 2 N–H and O–H groups in total. The molecule has 4 rings (SSSR count). The summed E-state index contributed by atoms with van der Waals surface area (Å²) in [5.74, 6) is -0.421. The lowest BCUT2D eigenvalue weighted by molar-refractivity contribution is -0.123. The standard InChI is InChI=1S/C17H15F3N6O2/c18-17(19,20)9-21-15(27)11-5-22-26(6-11)12-3-4-14-23-13(8-25(14)7-12)24-16(28)10-1-2-10/h3-8,10H,1-2,9H2,(H,21,27)(H,24,28). The van der Waals surface area contributed by atoms with Gasteiger partial charge in [-0.2, -0.15) is 18.3 Å². The van der Waals surface area contributed by atoms with Gasteiger partial charge in [-0.25, -0.2) is 9.67 Å². The van der Waals surface area contributed by atoms with E-state index < -0.39 is 18.6 Å². The first-order valence-electron chi connectivity index (χ1n) is 8.48. The summed E-state index contributed by atoms with van der Waals surface area (Å²) in [6, 6.07) is 3.40. The predicted octanol–water partition coefficient (Wildman–Crippen LogP) is 2.16. The monoisotopic (exact) mass is 392 g/mol. The lowest BCUT2D eigenvalue weighted by Crippen LogP contribution is -2.33. The molecule has 146 valence electrons. The Kier molecular flexibility index (Phi) is 4.28. The molecule has 0 aliphatic heterocycles. The van der Waals surface area contributed by atoms with E-state index in [1.807, 2.05) is 0 Å². The van der Waals surface area contributed by atoms with Crippen molar-refractivity contribution in [1.29, 1.82) is 0 Å². The fraction of sp³-hybridized carbons (Fsp3) is 0.294. The first-order valence-corrected chi connectivity index (χ1v) is 8.48. The van der Waals surface area contributed by atoms with Crippen molar-refractivity contribution in [3.63, 3.8) is 0 Å². The van der Waals surface area contributed by atoms with Crippen molar-refractivity contribution in [2.75, 3.05) is 11.9 Å². The zero-order valence-corrected chi connectivity index (χ0v) is 14.4. The summed E-state index contributed by atoms with van der Waals surface area (Å²) >= 11 is 0. The van der Waals surface area contributed by atoms with Gasteiger partial charge in [-0.3, -0.25) is 9.59 Å². The third-order valence-electron chi connectivity index (χ3n) is 4.19. The fourth-order valence-electron chi connectivity index (χ4n) is 2.61. The minimum absolute atomic E-state index is 0.00682. The van der Waals surface area contributed by atoms with Crippen LogP contribution in [0.5, 0.6) is 0 Å². The Balaban J connectivity index is 1.50. The van der Waals surface area contributed by atoms with Crippen LogP contribution in [0.2, 0.25) is 0 Å². The molecule has 0 saturated heterocycles. The molecular weight excluding hydrogens is 377 g/mol. The molecule has 0 bridgehead atoms. The van der Waals surface area contributed by atoms with Gasteiger partial charge in [-0.15, -0.1) is 0 Å². The fourth-order valence-corrected chi connectivity index (χ4v) is 2.61. The number of fused-ring (bicyclic) bond motifs is 1.